The summed E-state index contributed by atoms with van der Waals surface area (Å²) in [7, 11) is 0. The molecule has 0 radical (unpaired) electrons. The molecule has 17 heavy (non-hydrogen) atoms. The number of nitrogen functional groups attached to an aromatic ring is 1. The Hall–Kier alpha value is -1.29. The van der Waals surface area contributed by atoms with Crippen molar-refractivity contribution in [3.05, 3.63) is 17.8 Å². The van der Waals surface area contributed by atoms with Crippen molar-refractivity contribution in [3.63, 3.8) is 0 Å². The Labute approximate surface area is 102 Å². The molecule has 1 fully saturated rings. The monoisotopic (exact) mass is 236 g/mol. The number of hydrogen-bond acceptors (Lipinski definition) is 4. The third kappa shape index (κ3) is 3.09. The second kappa shape index (κ2) is 4.92. The van der Waals surface area contributed by atoms with E-state index in [1.54, 1.807) is 0 Å². The molecule has 0 aliphatic carbocycles. The van der Waals surface area contributed by atoms with Crippen LogP contribution in [-0.4, -0.2) is 23.3 Å². The van der Waals surface area contributed by atoms with Gasteiger partial charge in [0.2, 0.25) is 5.88 Å². The molecule has 0 bridgehead atoms. The van der Waals surface area contributed by atoms with E-state index in [9.17, 15) is 0 Å². The summed E-state index contributed by atoms with van der Waals surface area (Å²) in [5.41, 5.74) is 7.24. The van der Waals surface area contributed by atoms with Crippen molar-refractivity contribution >= 4 is 5.69 Å². The van der Waals surface area contributed by atoms with Crippen molar-refractivity contribution < 1.29 is 9.47 Å². The zero-order valence-corrected chi connectivity index (χ0v) is 10.6. The molecule has 2 heterocycles. The van der Waals surface area contributed by atoms with Crippen molar-refractivity contribution in [3.8, 4) is 5.88 Å². The van der Waals surface area contributed by atoms with Gasteiger partial charge in [0.1, 0.15) is 6.10 Å². The van der Waals surface area contributed by atoms with Crippen LogP contribution in [0.25, 0.3) is 0 Å². The molecule has 1 saturated heterocycles. The van der Waals surface area contributed by atoms with Crippen LogP contribution in [0.3, 0.4) is 0 Å². The molecular formula is C13H20N2O2. The lowest BCUT2D eigenvalue weighted by Crippen LogP contribution is -2.35. The van der Waals surface area contributed by atoms with Crippen LogP contribution in [0.2, 0.25) is 0 Å². The lowest BCUT2D eigenvalue weighted by atomic mass is 10.0. The van der Waals surface area contributed by atoms with Crippen LogP contribution in [0.4, 0.5) is 5.69 Å². The van der Waals surface area contributed by atoms with Gasteiger partial charge in [-0.25, -0.2) is 4.98 Å². The van der Waals surface area contributed by atoms with Crippen LogP contribution in [0.15, 0.2) is 12.1 Å². The molecule has 94 valence electrons. The fourth-order valence-corrected chi connectivity index (χ4v) is 2.23. The number of pyridine rings is 1. The maximum atomic E-state index is 5.89. The van der Waals surface area contributed by atoms with Gasteiger partial charge in [0.15, 0.2) is 0 Å². The first-order valence-electron chi connectivity index (χ1n) is 6.10. The Bertz CT molecular complexity index is 385. The summed E-state index contributed by atoms with van der Waals surface area (Å²) in [4.78, 5) is 4.33. The van der Waals surface area contributed by atoms with Crippen LogP contribution in [0, 0.1) is 6.92 Å². The minimum absolute atomic E-state index is 0.185. The van der Waals surface area contributed by atoms with E-state index in [-0.39, 0.29) is 18.3 Å². The molecule has 4 nitrogen and oxygen atoms in total. The molecule has 0 spiro atoms. The van der Waals surface area contributed by atoms with Crippen molar-refractivity contribution in [2.24, 2.45) is 0 Å². The molecule has 2 N–H and O–H groups in total. The van der Waals surface area contributed by atoms with Gasteiger partial charge >= 0.3 is 0 Å². The number of rotatable bonds is 2. The summed E-state index contributed by atoms with van der Waals surface area (Å²) in [6.07, 6.45) is 2.51. The summed E-state index contributed by atoms with van der Waals surface area (Å²) in [6, 6.07) is 3.66. The minimum atomic E-state index is 0.185. The zero-order chi connectivity index (χ0) is 12.4. The Morgan fingerprint density at radius 2 is 1.94 bits per heavy atom. The van der Waals surface area contributed by atoms with Gasteiger partial charge in [-0.15, -0.1) is 0 Å². The van der Waals surface area contributed by atoms with Crippen LogP contribution in [0.1, 0.15) is 32.4 Å². The molecule has 1 aromatic rings. The van der Waals surface area contributed by atoms with E-state index in [1.165, 1.54) is 0 Å². The summed E-state index contributed by atoms with van der Waals surface area (Å²) in [5.74, 6) is 0.656. The quantitative estimate of drug-likeness (QED) is 0.856. The van der Waals surface area contributed by atoms with Gasteiger partial charge in [-0.3, -0.25) is 0 Å². The highest BCUT2D eigenvalue weighted by molar-refractivity contribution is 5.43. The number of ether oxygens (including phenoxy) is 2. The average molecular weight is 236 g/mol. The number of anilines is 1. The number of aromatic nitrogens is 1. The first-order chi connectivity index (χ1) is 8.04. The van der Waals surface area contributed by atoms with Gasteiger partial charge < -0.3 is 15.2 Å². The van der Waals surface area contributed by atoms with E-state index in [1.807, 2.05) is 19.1 Å². The summed E-state index contributed by atoms with van der Waals surface area (Å²) in [5, 5.41) is 0. The maximum Gasteiger partial charge on any atom is 0.213 e. The van der Waals surface area contributed by atoms with E-state index in [0.29, 0.717) is 11.6 Å². The Balaban J connectivity index is 2.02. The molecule has 0 amide bonds. The van der Waals surface area contributed by atoms with Crippen molar-refractivity contribution in [2.75, 3.05) is 5.73 Å². The smallest absolute Gasteiger partial charge is 0.213 e. The second-order valence-corrected chi connectivity index (χ2v) is 4.79. The lowest BCUT2D eigenvalue weighted by molar-refractivity contribution is -0.0729. The first kappa shape index (κ1) is 12.2. The topological polar surface area (TPSA) is 57.4 Å². The van der Waals surface area contributed by atoms with E-state index < -0.39 is 0 Å². The highest BCUT2D eigenvalue weighted by Crippen LogP contribution is 2.24. The van der Waals surface area contributed by atoms with Crippen molar-refractivity contribution in [1.82, 2.24) is 4.98 Å². The summed E-state index contributed by atoms with van der Waals surface area (Å²) >= 11 is 0. The Kier molecular flexibility index (Phi) is 3.52. The van der Waals surface area contributed by atoms with Gasteiger partial charge in [0, 0.05) is 18.9 Å². The third-order valence-electron chi connectivity index (χ3n) is 3.04. The molecule has 2 atom stereocenters. The highest BCUT2D eigenvalue weighted by Gasteiger charge is 2.26. The van der Waals surface area contributed by atoms with Gasteiger partial charge in [-0.2, -0.15) is 0 Å². The molecule has 2 unspecified atom stereocenters. The Morgan fingerprint density at radius 3 is 2.53 bits per heavy atom. The highest BCUT2D eigenvalue weighted by atomic mass is 16.5. The standard InChI is InChI=1S/C13H20N2O2/c1-8-6-11(7-9(2)16-8)17-13-5-4-12(14)10(3)15-13/h4-5,8-9,11H,6-7,14H2,1-3H3. The number of aryl methyl sites for hydroxylation is 1. The second-order valence-electron chi connectivity index (χ2n) is 4.79. The predicted molar refractivity (Wildman–Crippen MR) is 67.0 cm³/mol. The number of hydrogen-bond donors (Lipinski definition) is 1. The predicted octanol–water partition coefficient (Wildman–Crippen LogP) is 2.31. The first-order valence-corrected chi connectivity index (χ1v) is 6.10. The molecule has 1 aliphatic heterocycles. The maximum absolute atomic E-state index is 5.89. The summed E-state index contributed by atoms with van der Waals surface area (Å²) < 4.78 is 11.6. The van der Waals surface area contributed by atoms with Crippen molar-refractivity contribution in [2.45, 2.75) is 51.9 Å². The van der Waals surface area contributed by atoms with Gasteiger partial charge in [0.25, 0.3) is 0 Å². The van der Waals surface area contributed by atoms with Gasteiger partial charge in [-0.05, 0) is 26.8 Å². The van der Waals surface area contributed by atoms with E-state index in [0.717, 1.165) is 18.5 Å². The molecule has 4 heteroatoms. The minimum Gasteiger partial charge on any atom is -0.474 e. The van der Waals surface area contributed by atoms with E-state index >= 15 is 0 Å². The van der Waals surface area contributed by atoms with Crippen LogP contribution in [0.5, 0.6) is 5.88 Å². The lowest BCUT2D eigenvalue weighted by Gasteiger charge is -2.31. The molecule has 1 aliphatic rings. The van der Waals surface area contributed by atoms with Crippen molar-refractivity contribution in [1.29, 1.82) is 0 Å². The van der Waals surface area contributed by atoms with Gasteiger partial charge in [-0.1, -0.05) is 0 Å². The average Bonchev–Trinajstić information content (AvgIpc) is 2.22. The molecular weight excluding hydrogens is 216 g/mol. The van der Waals surface area contributed by atoms with Crippen LogP contribution in [-0.2, 0) is 4.74 Å². The van der Waals surface area contributed by atoms with Crippen LogP contribution >= 0.6 is 0 Å². The van der Waals surface area contributed by atoms with Gasteiger partial charge in [0.05, 0.1) is 23.6 Å². The molecule has 0 aromatic carbocycles. The number of nitrogens with two attached hydrogens (primary N) is 1. The fourth-order valence-electron chi connectivity index (χ4n) is 2.23. The van der Waals surface area contributed by atoms with Crippen LogP contribution < -0.4 is 10.5 Å². The van der Waals surface area contributed by atoms with E-state index in [4.69, 9.17) is 15.2 Å². The number of nitrogens with zero attached hydrogens (tertiary/aromatic N) is 1. The molecule has 2 rings (SSSR count). The zero-order valence-electron chi connectivity index (χ0n) is 10.6. The fraction of sp³-hybridized carbons (Fsp3) is 0.615. The largest absolute Gasteiger partial charge is 0.474 e. The Morgan fingerprint density at radius 1 is 1.29 bits per heavy atom. The normalized spacial score (nSPS) is 29.0. The summed E-state index contributed by atoms with van der Waals surface area (Å²) in [6.45, 7) is 6.04. The molecule has 1 aromatic heterocycles. The third-order valence-corrected chi connectivity index (χ3v) is 3.04. The SMILES string of the molecule is Cc1nc(OC2CC(C)OC(C)C2)ccc1N. The van der Waals surface area contributed by atoms with E-state index in [2.05, 4.69) is 18.8 Å². The molecule has 0 saturated carbocycles.